The first kappa shape index (κ1) is 17.4. The highest BCUT2D eigenvalue weighted by atomic mass is 35.5. The smallest absolute Gasteiger partial charge is 0.273 e. The van der Waals surface area contributed by atoms with Gasteiger partial charge >= 0.3 is 0 Å². The summed E-state index contributed by atoms with van der Waals surface area (Å²) in [6.45, 7) is 5.67. The molecule has 0 N–H and O–H groups in total. The summed E-state index contributed by atoms with van der Waals surface area (Å²) in [6.07, 6.45) is 1.60. The van der Waals surface area contributed by atoms with Gasteiger partial charge in [0.2, 0.25) is 0 Å². The molecule has 7 nitrogen and oxygen atoms in total. The van der Waals surface area contributed by atoms with Crippen molar-refractivity contribution in [3.63, 3.8) is 0 Å². The lowest BCUT2D eigenvalue weighted by atomic mass is 10.2. The molecular formula is C16H16Cl2N6O. The maximum Gasteiger partial charge on any atom is 0.273 e. The second-order valence-electron chi connectivity index (χ2n) is 5.45. The molecule has 3 rings (SSSR count). The number of methoxy groups -OCH3 is 1. The Morgan fingerprint density at radius 3 is 2.52 bits per heavy atom. The van der Waals surface area contributed by atoms with E-state index in [-0.39, 0.29) is 0 Å². The summed E-state index contributed by atoms with van der Waals surface area (Å²) >= 11 is 12.2. The number of ether oxygens (including phenoxy) is 1. The molecule has 0 bridgehead atoms. The molecule has 0 fully saturated rings. The van der Waals surface area contributed by atoms with Crippen molar-refractivity contribution < 1.29 is 4.74 Å². The molecule has 0 radical (unpaired) electrons. The molecule has 2 aromatic heterocycles. The average Bonchev–Trinajstić information content (AvgIpc) is 3.06. The van der Waals surface area contributed by atoms with Gasteiger partial charge in [0.05, 0.1) is 24.0 Å². The van der Waals surface area contributed by atoms with E-state index in [1.165, 1.54) is 7.11 Å². The Balaban J connectivity index is 2.07. The Morgan fingerprint density at radius 2 is 1.88 bits per heavy atom. The van der Waals surface area contributed by atoms with E-state index in [4.69, 9.17) is 27.9 Å². The van der Waals surface area contributed by atoms with Crippen LogP contribution in [-0.4, -0.2) is 38.0 Å². The van der Waals surface area contributed by atoms with Gasteiger partial charge in [-0.15, -0.1) is 10.2 Å². The zero-order valence-corrected chi connectivity index (χ0v) is 15.7. The van der Waals surface area contributed by atoms with Gasteiger partial charge in [0.15, 0.2) is 5.82 Å². The number of hydrogen-bond donors (Lipinski definition) is 0. The van der Waals surface area contributed by atoms with Crippen molar-refractivity contribution in [2.24, 2.45) is 5.10 Å². The summed E-state index contributed by atoms with van der Waals surface area (Å²) in [5.41, 5.74) is 2.47. The van der Waals surface area contributed by atoms with E-state index in [0.29, 0.717) is 33.1 Å². The molecule has 9 heteroatoms. The van der Waals surface area contributed by atoms with Crippen LogP contribution in [-0.2, 0) is 0 Å². The van der Waals surface area contributed by atoms with Crippen molar-refractivity contribution in [3.05, 3.63) is 51.0 Å². The van der Waals surface area contributed by atoms with Gasteiger partial charge in [-0.3, -0.25) is 0 Å². The third-order valence-electron chi connectivity index (χ3n) is 3.53. The molecule has 0 unspecified atom stereocenters. The first-order chi connectivity index (χ1) is 11.9. The van der Waals surface area contributed by atoms with Crippen LogP contribution in [0.5, 0.6) is 5.75 Å². The second kappa shape index (κ2) is 6.85. The van der Waals surface area contributed by atoms with E-state index in [9.17, 15) is 0 Å². The van der Waals surface area contributed by atoms with Crippen LogP contribution in [0.15, 0.2) is 23.3 Å². The van der Waals surface area contributed by atoms with Gasteiger partial charge in [0, 0.05) is 16.3 Å². The second-order valence-corrected chi connectivity index (χ2v) is 6.30. The van der Waals surface area contributed by atoms with E-state index in [0.717, 1.165) is 11.4 Å². The fourth-order valence-corrected chi connectivity index (χ4v) is 3.04. The predicted molar refractivity (Wildman–Crippen MR) is 97.4 cm³/mol. The number of nitrogens with zero attached hydrogens (tertiary/aromatic N) is 6. The van der Waals surface area contributed by atoms with E-state index >= 15 is 0 Å². The monoisotopic (exact) mass is 378 g/mol. The molecular weight excluding hydrogens is 363 g/mol. The summed E-state index contributed by atoms with van der Waals surface area (Å²) in [5, 5.41) is 18.0. The maximum absolute atomic E-state index is 6.16. The third-order valence-corrected chi connectivity index (χ3v) is 4.03. The van der Waals surface area contributed by atoms with Crippen molar-refractivity contribution in [3.8, 4) is 11.7 Å². The van der Waals surface area contributed by atoms with Gasteiger partial charge < -0.3 is 4.74 Å². The van der Waals surface area contributed by atoms with Gasteiger partial charge in [-0.1, -0.05) is 23.2 Å². The predicted octanol–water partition coefficient (Wildman–Crippen LogP) is 3.59. The van der Waals surface area contributed by atoms with Crippen molar-refractivity contribution >= 4 is 29.4 Å². The number of aryl methyl sites for hydroxylation is 3. The number of benzene rings is 1. The molecule has 3 aromatic rings. The summed E-state index contributed by atoms with van der Waals surface area (Å²) in [6, 6.07) is 5.29. The van der Waals surface area contributed by atoms with Crippen molar-refractivity contribution in [1.82, 2.24) is 24.7 Å². The highest BCUT2D eigenvalue weighted by Gasteiger charge is 2.14. The molecule has 0 aliphatic rings. The van der Waals surface area contributed by atoms with Crippen LogP contribution in [0.1, 0.15) is 22.8 Å². The summed E-state index contributed by atoms with van der Waals surface area (Å²) in [7, 11) is 1.54. The van der Waals surface area contributed by atoms with E-state index in [1.54, 1.807) is 27.7 Å². The van der Waals surface area contributed by atoms with Crippen LogP contribution in [0.3, 0.4) is 0 Å². The molecule has 0 amide bonds. The maximum atomic E-state index is 6.16. The lowest BCUT2D eigenvalue weighted by Gasteiger charge is -2.08. The van der Waals surface area contributed by atoms with Gasteiger partial charge in [-0.2, -0.15) is 14.9 Å². The zero-order valence-electron chi connectivity index (χ0n) is 14.2. The van der Waals surface area contributed by atoms with E-state index < -0.39 is 0 Å². The minimum Gasteiger partial charge on any atom is -0.495 e. The van der Waals surface area contributed by atoms with Gasteiger partial charge in [-0.05, 0) is 39.0 Å². The van der Waals surface area contributed by atoms with Crippen LogP contribution >= 0.6 is 23.2 Å². The van der Waals surface area contributed by atoms with Crippen LogP contribution in [0.4, 0.5) is 0 Å². The number of rotatable bonds is 4. The highest BCUT2D eigenvalue weighted by molar-refractivity contribution is 6.36. The van der Waals surface area contributed by atoms with E-state index in [2.05, 4.69) is 20.4 Å². The molecule has 0 saturated heterocycles. The Hall–Kier alpha value is -2.38. The third kappa shape index (κ3) is 3.38. The molecule has 0 aliphatic carbocycles. The SMILES string of the molecule is COc1c(Cl)cc(Cl)cc1C=Nn1c(C)nnc1-n1nc(C)cc1C. The summed E-state index contributed by atoms with van der Waals surface area (Å²) in [4.78, 5) is 0. The Labute approximate surface area is 154 Å². The first-order valence-corrected chi connectivity index (χ1v) is 8.19. The fourth-order valence-electron chi connectivity index (χ4n) is 2.46. The Kier molecular flexibility index (Phi) is 4.78. The first-order valence-electron chi connectivity index (χ1n) is 7.43. The number of hydrogen-bond acceptors (Lipinski definition) is 5. The van der Waals surface area contributed by atoms with Crippen LogP contribution in [0.2, 0.25) is 10.0 Å². The van der Waals surface area contributed by atoms with Gasteiger partial charge in [-0.25, -0.2) is 4.68 Å². The minimum absolute atomic E-state index is 0.413. The standard InChI is InChI=1S/C16H16Cl2N6O/c1-9-5-10(2)23(22-9)16-21-20-11(3)24(16)19-8-12-6-13(17)7-14(18)15(12)25-4/h5-8H,1-4H3. The summed E-state index contributed by atoms with van der Waals surface area (Å²) in [5.74, 6) is 1.60. The summed E-state index contributed by atoms with van der Waals surface area (Å²) < 4.78 is 8.61. The quantitative estimate of drug-likeness (QED) is 0.650. The van der Waals surface area contributed by atoms with Crippen molar-refractivity contribution in [2.75, 3.05) is 7.11 Å². The zero-order chi connectivity index (χ0) is 18.1. The Morgan fingerprint density at radius 1 is 1.12 bits per heavy atom. The van der Waals surface area contributed by atoms with Crippen LogP contribution in [0.25, 0.3) is 5.95 Å². The van der Waals surface area contributed by atoms with Crippen LogP contribution in [0, 0.1) is 20.8 Å². The highest BCUT2D eigenvalue weighted by Crippen LogP contribution is 2.31. The largest absolute Gasteiger partial charge is 0.495 e. The molecule has 1 aromatic carbocycles. The molecule has 130 valence electrons. The fraction of sp³-hybridized carbons (Fsp3) is 0.250. The Bertz CT molecular complexity index is 960. The van der Waals surface area contributed by atoms with Gasteiger partial charge in [0.25, 0.3) is 5.95 Å². The lowest BCUT2D eigenvalue weighted by Crippen LogP contribution is -2.08. The molecule has 0 spiro atoms. The van der Waals surface area contributed by atoms with Crippen molar-refractivity contribution in [1.29, 1.82) is 0 Å². The van der Waals surface area contributed by atoms with E-state index in [1.807, 2.05) is 26.8 Å². The minimum atomic E-state index is 0.413. The molecule has 0 atom stereocenters. The van der Waals surface area contributed by atoms with Crippen LogP contribution < -0.4 is 4.74 Å². The normalized spacial score (nSPS) is 11.4. The number of halogens is 2. The molecule has 0 saturated carbocycles. The average molecular weight is 379 g/mol. The molecule has 0 aliphatic heterocycles. The molecule has 25 heavy (non-hydrogen) atoms. The molecule has 2 heterocycles. The number of aromatic nitrogens is 5. The lowest BCUT2D eigenvalue weighted by molar-refractivity contribution is 0.414. The topological polar surface area (TPSA) is 70.1 Å². The van der Waals surface area contributed by atoms with Crippen molar-refractivity contribution in [2.45, 2.75) is 20.8 Å². The van der Waals surface area contributed by atoms with Gasteiger partial charge in [0.1, 0.15) is 5.75 Å².